The molecule has 0 amide bonds. The number of carbonyl (C=O) groups is 3. The molecule has 0 N–H and O–H groups in total. The van der Waals surface area contributed by atoms with Crippen LogP contribution in [0.3, 0.4) is 0 Å². The molecule has 71 heavy (non-hydrogen) atoms. The van der Waals surface area contributed by atoms with Crippen molar-refractivity contribution < 1.29 is 28.6 Å². The summed E-state index contributed by atoms with van der Waals surface area (Å²) in [4.78, 5) is 38.2. The van der Waals surface area contributed by atoms with E-state index in [4.69, 9.17) is 14.2 Å². The van der Waals surface area contributed by atoms with E-state index >= 15 is 0 Å². The van der Waals surface area contributed by atoms with Crippen molar-refractivity contribution in [2.45, 2.75) is 271 Å². The van der Waals surface area contributed by atoms with Gasteiger partial charge in [-0.2, -0.15) is 0 Å². The van der Waals surface area contributed by atoms with Crippen molar-refractivity contribution in [2.75, 3.05) is 13.2 Å². The van der Waals surface area contributed by atoms with Crippen LogP contribution in [-0.4, -0.2) is 37.2 Å². The van der Waals surface area contributed by atoms with Gasteiger partial charge in [-0.05, 0) is 116 Å². The van der Waals surface area contributed by atoms with E-state index in [9.17, 15) is 14.4 Å². The number of hydrogen-bond acceptors (Lipinski definition) is 6. The molecule has 0 fully saturated rings. The average molecular weight is 986 g/mol. The van der Waals surface area contributed by atoms with E-state index in [2.05, 4.69) is 130 Å². The quantitative estimate of drug-likeness (QED) is 0.0261. The van der Waals surface area contributed by atoms with Crippen molar-refractivity contribution in [3.8, 4) is 0 Å². The minimum atomic E-state index is -0.793. The van der Waals surface area contributed by atoms with Gasteiger partial charge in [0.25, 0.3) is 0 Å². The number of esters is 3. The topological polar surface area (TPSA) is 78.9 Å². The lowest BCUT2D eigenvalue weighted by Gasteiger charge is -2.18. The van der Waals surface area contributed by atoms with Crippen LogP contribution in [0.2, 0.25) is 0 Å². The highest BCUT2D eigenvalue weighted by Gasteiger charge is 2.19. The summed E-state index contributed by atoms with van der Waals surface area (Å²) in [5.74, 6) is -0.916. The maximum absolute atomic E-state index is 12.9. The standard InChI is InChI=1S/C65H108O6/c1-4-7-10-13-16-19-22-25-27-29-30-31-32-33-34-36-37-40-43-46-49-52-55-58-64(67)70-61-62(60-69-63(66)57-54-51-48-45-42-39-24-21-18-15-12-9-6-3)71-65(68)59-56-53-50-47-44-41-38-35-28-26-23-20-17-14-11-8-5-2/h7-8,10-12,15-17,19-21,24-28,30-31,62H,4-6,9,13-14,18,22-23,29,32-61H2,1-3H3/b10-7-,11-8-,15-12-,19-16-,20-17-,24-21-,27-25-,28-26-,31-30-. The second-order valence-corrected chi connectivity index (χ2v) is 19.1. The van der Waals surface area contributed by atoms with Crippen LogP contribution in [0.1, 0.15) is 265 Å². The number of allylic oxidation sites excluding steroid dienone is 18. The van der Waals surface area contributed by atoms with E-state index in [1.165, 1.54) is 83.5 Å². The van der Waals surface area contributed by atoms with Crippen LogP contribution in [0.25, 0.3) is 0 Å². The molecular weight excluding hydrogens is 877 g/mol. The van der Waals surface area contributed by atoms with Crippen molar-refractivity contribution in [3.63, 3.8) is 0 Å². The zero-order valence-corrected chi connectivity index (χ0v) is 46.2. The summed E-state index contributed by atoms with van der Waals surface area (Å²) in [6, 6.07) is 0. The maximum Gasteiger partial charge on any atom is 0.306 e. The molecule has 0 aliphatic heterocycles. The Balaban J connectivity index is 4.37. The predicted octanol–water partition coefficient (Wildman–Crippen LogP) is 19.9. The zero-order chi connectivity index (χ0) is 51.4. The van der Waals surface area contributed by atoms with E-state index in [0.29, 0.717) is 19.3 Å². The SMILES string of the molecule is CC/C=C\C/C=C\C/C=C\C/C=C\CCCCCCCCCCCCC(=O)OCC(COC(=O)CCCCCCC/C=C\C/C=C\CCC)OC(=O)CCCCCCCCC/C=C\C/C=C\C/C=C\CC. The van der Waals surface area contributed by atoms with Gasteiger partial charge in [-0.15, -0.1) is 0 Å². The van der Waals surface area contributed by atoms with Gasteiger partial charge in [0, 0.05) is 19.3 Å². The molecule has 0 rings (SSSR count). The molecule has 0 radical (unpaired) electrons. The van der Waals surface area contributed by atoms with Crippen LogP contribution in [0.15, 0.2) is 109 Å². The third-order valence-corrected chi connectivity index (χ3v) is 12.2. The largest absolute Gasteiger partial charge is 0.462 e. The van der Waals surface area contributed by atoms with E-state index < -0.39 is 6.10 Å². The van der Waals surface area contributed by atoms with Gasteiger partial charge in [-0.1, -0.05) is 239 Å². The Bertz CT molecular complexity index is 1460. The van der Waals surface area contributed by atoms with Crippen LogP contribution >= 0.6 is 0 Å². The summed E-state index contributed by atoms with van der Waals surface area (Å²) in [7, 11) is 0. The first-order chi connectivity index (χ1) is 35.0. The molecular formula is C65H108O6. The molecule has 6 nitrogen and oxygen atoms in total. The van der Waals surface area contributed by atoms with Crippen molar-refractivity contribution in [1.29, 1.82) is 0 Å². The van der Waals surface area contributed by atoms with Gasteiger partial charge >= 0.3 is 17.9 Å². The van der Waals surface area contributed by atoms with Gasteiger partial charge in [-0.25, -0.2) is 0 Å². The molecule has 0 bridgehead atoms. The van der Waals surface area contributed by atoms with Crippen molar-refractivity contribution in [3.05, 3.63) is 109 Å². The minimum Gasteiger partial charge on any atom is -0.462 e. The molecule has 0 saturated heterocycles. The zero-order valence-electron chi connectivity index (χ0n) is 46.2. The molecule has 0 aromatic carbocycles. The Morgan fingerprint density at radius 3 is 0.859 bits per heavy atom. The van der Waals surface area contributed by atoms with Gasteiger partial charge in [0.05, 0.1) is 0 Å². The molecule has 0 aromatic rings. The highest BCUT2D eigenvalue weighted by molar-refractivity contribution is 5.71. The van der Waals surface area contributed by atoms with E-state index in [0.717, 1.165) is 141 Å². The summed E-state index contributed by atoms with van der Waals surface area (Å²) in [6.45, 7) is 6.34. The van der Waals surface area contributed by atoms with E-state index in [1.54, 1.807) is 0 Å². The molecule has 0 spiro atoms. The summed E-state index contributed by atoms with van der Waals surface area (Å²) in [5.41, 5.74) is 0. The van der Waals surface area contributed by atoms with Crippen molar-refractivity contribution >= 4 is 17.9 Å². The Morgan fingerprint density at radius 1 is 0.296 bits per heavy atom. The summed E-state index contributed by atoms with van der Waals surface area (Å²) < 4.78 is 16.9. The number of carbonyl (C=O) groups excluding carboxylic acids is 3. The van der Waals surface area contributed by atoms with Crippen molar-refractivity contribution in [2.24, 2.45) is 0 Å². The number of unbranched alkanes of at least 4 members (excludes halogenated alkanes) is 23. The lowest BCUT2D eigenvalue weighted by molar-refractivity contribution is -0.167. The van der Waals surface area contributed by atoms with Crippen LogP contribution in [0.4, 0.5) is 0 Å². The number of ether oxygens (including phenoxy) is 3. The smallest absolute Gasteiger partial charge is 0.306 e. The number of hydrogen-bond donors (Lipinski definition) is 0. The van der Waals surface area contributed by atoms with E-state index in [1.807, 2.05) is 0 Å². The third-order valence-electron chi connectivity index (χ3n) is 12.2. The predicted molar refractivity (Wildman–Crippen MR) is 307 cm³/mol. The summed E-state index contributed by atoms with van der Waals surface area (Å²) in [5, 5.41) is 0. The molecule has 404 valence electrons. The average Bonchev–Trinajstić information content (AvgIpc) is 3.37. The normalized spacial score (nSPS) is 12.9. The first-order valence-corrected chi connectivity index (χ1v) is 29.4. The van der Waals surface area contributed by atoms with Gasteiger partial charge in [0.2, 0.25) is 0 Å². The monoisotopic (exact) mass is 985 g/mol. The Labute approximate surface area is 438 Å². The minimum absolute atomic E-state index is 0.0900. The molecule has 0 heterocycles. The van der Waals surface area contributed by atoms with Gasteiger partial charge in [0.1, 0.15) is 13.2 Å². The fraction of sp³-hybridized carbons (Fsp3) is 0.677. The molecule has 0 aromatic heterocycles. The van der Waals surface area contributed by atoms with Crippen LogP contribution in [0.5, 0.6) is 0 Å². The molecule has 0 aliphatic rings. The van der Waals surface area contributed by atoms with Gasteiger partial charge < -0.3 is 14.2 Å². The van der Waals surface area contributed by atoms with Crippen molar-refractivity contribution in [1.82, 2.24) is 0 Å². The Hall–Kier alpha value is -3.93. The molecule has 0 saturated carbocycles. The fourth-order valence-electron chi connectivity index (χ4n) is 7.90. The highest BCUT2D eigenvalue weighted by atomic mass is 16.6. The molecule has 6 heteroatoms. The Morgan fingerprint density at radius 2 is 0.549 bits per heavy atom. The second-order valence-electron chi connectivity index (χ2n) is 19.1. The molecule has 1 atom stereocenters. The lowest BCUT2D eigenvalue weighted by Crippen LogP contribution is -2.30. The summed E-state index contributed by atoms with van der Waals surface area (Å²) in [6.07, 6.45) is 79.4. The van der Waals surface area contributed by atoms with Crippen LogP contribution < -0.4 is 0 Å². The first-order valence-electron chi connectivity index (χ1n) is 29.4. The Kier molecular flexibility index (Phi) is 55.4. The number of rotatable bonds is 52. The molecule has 0 aliphatic carbocycles. The van der Waals surface area contributed by atoms with Gasteiger partial charge in [0.15, 0.2) is 6.10 Å². The second kappa shape index (κ2) is 58.6. The van der Waals surface area contributed by atoms with Crippen LogP contribution in [-0.2, 0) is 28.6 Å². The summed E-state index contributed by atoms with van der Waals surface area (Å²) >= 11 is 0. The fourth-order valence-corrected chi connectivity index (χ4v) is 7.90. The maximum atomic E-state index is 12.9. The first kappa shape index (κ1) is 67.1. The lowest BCUT2D eigenvalue weighted by atomic mass is 10.1. The van der Waals surface area contributed by atoms with Gasteiger partial charge in [-0.3, -0.25) is 14.4 Å². The van der Waals surface area contributed by atoms with Crippen LogP contribution in [0, 0.1) is 0 Å². The van der Waals surface area contributed by atoms with E-state index in [-0.39, 0.29) is 31.1 Å². The molecule has 1 unspecified atom stereocenters. The highest BCUT2D eigenvalue weighted by Crippen LogP contribution is 2.15. The third kappa shape index (κ3) is 56.9.